The molecule has 36 heavy (non-hydrogen) atoms. The lowest BCUT2D eigenvalue weighted by Gasteiger charge is -2.19. The van der Waals surface area contributed by atoms with Crippen LogP contribution in [0.5, 0.6) is 11.5 Å². The number of benzene rings is 2. The third-order valence-corrected chi connectivity index (χ3v) is 6.86. The van der Waals surface area contributed by atoms with E-state index < -0.39 is 31.1 Å². The van der Waals surface area contributed by atoms with Crippen LogP contribution in [0.1, 0.15) is 38.2 Å². The number of hydrogen-bond acceptors (Lipinski definition) is 5. The van der Waals surface area contributed by atoms with Gasteiger partial charge in [0.25, 0.3) is 0 Å². The number of methoxy groups -OCH3 is 1. The van der Waals surface area contributed by atoms with Crippen LogP contribution in [0.3, 0.4) is 0 Å². The first kappa shape index (κ1) is 27.6. The first-order valence-corrected chi connectivity index (χ1v) is 12.7. The van der Waals surface area contributed by atoms with Crippen LogP contribution in [0.2, 0.25) is 0 Å². The van der Waals surface area contributed by atoms with Crippen LogP contribution in [-0.2, 0) is 16.0 Å². The van der Waals surface area contributed by atoms with Crippen LogP contribution >= 0.6 is 11.3 Å². The number of aryl methyl sites for hydroxylation is 1. The molecule has 0 N–H and O–H groups in total. The van der Waals surface area contributed by atoms with Crippen LogP contribution in [0.15, 0.2) is 55.1 Å². The van der Waals surface area contributed by atoms with Gasteiger partial charge in [-0.3, -0.25) is 0 Å². The Bertz CT molecular complexity index is 1170. The molecule has 1 aromatic heterocycles. The second-order valence-electron chi connectivity index (χ2n) is 8.63. The zero-order valence-electron chi connectivity index (χ0n) is 20.5. The van der Waals surface area contributed by atoms with Gasteiger partial charge in [0.05, 0.1) is 26.7 Å². The third-order valence-electron chi connectivity index (χ3n) is 5.73. The maximum Gasteiger partial charge on any atom is 0.389 e. The van der Waals surface area contributed by atoms with Crippen molar-refractivity contribution in [3.05, 3.63) is 60.7 Å². The summed E-state index contributed by atoms with van der Waals surface area (Å²) < 4.78 is 56.0. The lowest BCUT2D eigenvalue weighted by molar-refractivity contribution is -0.157. The van der Waals surface area contributed by atoms with E-state index in [1.165, 1.54) is 18.4 Å². The van der Waals surface area contributed by atoms with Crippen molar-refractivity contribution in [2.75, 3.05) is 20.3 Å². The van der Waals surface area contributed by atoms with E-state index in [2.05, 4.69) is 37.8 Å². The number of esters is 1. The molecule has 8 heteroatoms. The number of hydrogen-bond donors (Lipinski definition) is 0. The Morgan fingerprint density at radius 2 is 1.92 bits per heavy atom. The van der Waals surface area contributed by atoms with Gasteiger partial charge in [0.1, 0.15) is 11.5 Å². The summed E-state index contributed by atoms with van der Waals surface area (Å²) in [7, 11) is 1.66. The molecule has 4 nitrogen and oxygen atoms in total. The zero-order chi connectivity index (χ0) is 26.1. The fraction of sp³-hybridized carbons (Fsp3) is 0.393. The fourth-order valence-electron chi connectivity index (χ4n) is 3.87. The lowest BCUT2D eigenvalue weighted by atomic mass is 10.0. The van der Waals surface area contributed by atoms with Crippen LogP contribution in [0.4, 0.5) is 13.2 Å². The molecule has 3 rings (SSSR count). The highest BCUT2D eigenvalue weighted by Gasteiger charge is 2.33. The summed E-state index contributed by atoms with van der Waals surface area (Å²) in [5, 5.41) is 1.00. The normalized spacial score (nSPS) is 12.4. The summed E-state index contributed by atoms with van der Waals surface area (Å²) in [6.45, 7) is 4.80. The summed E-state index contributed by atoms with van der Waals surface area (Å²) >= 11 is 1.56. The van der Waals surface area contributed by atoms with Gasteiger partial charge < -0.3 is 14.2 Å². The Hall–Kier alpha value is -3.00. The van der Waals surface area contributed by atoms with Gasteiger partial charge in [0.15, 0.2) is 0 Å². The number of carbonyl (C=O) groups is 1. The summed E-state index contributed by atoms with van der Waals surface area (Å²) in [5.41, 5.74) is 2.24. The molecule has 1 unspecified atom stereocenters. The first-order chi connectivity index (χ1) is 17.2. The average Bonchev–Trinajstić information content (AvgIpc) is 3.28. The van der Waals surface area contributed by atoms with E-state index in [-0.39, 0.29) is 6.61 Å². The molecule has 0 bridgehead atoms. The molecule has 0 aliphatic carbocycles. The molecule has 1 heterocycles. The molecule has 0 aliphatic heterocycles. The quantitative estimate of drug-likeness (QED) is 0.130. The summed E-state index contributed by atoms with van der Waals surface area (Å²) in [5.74, 6) is -0.518. The maximum absolute atomic E-state index is 12.9. The smallest absolute Gasteiger partial charge is 0.389 e. The Morgan fingerprint density at radius 3 is 2.61 bits per heavy atom. The highest BCUT2D eigenvalue weighted by atomic mass is 32.1. The van der Waals surface area contributed by atoms with Gasteiger partial charge in [-0.05, 0) is 60.2 Å². The predicted molar refractivity (Wildman–Crippen MR) is 138 cm³/mol. The number of unbranched alkanes of at least 4 members (excludes halogenated alkanes) is 2. The van der Waals surface area contributed by atoms with E-state index in [1.54, 1.807) is 24.5 Å². The molecule has 0 aliphatic rings. The molecule has 0 fully saturated rings. The molecule has 2 aromatic carbocycles. The molecule has 0 spiro atoms. The monoisotopic (exact) mass is 520 g/mol. The maximum atomic E-state index is 12.9. The molecule has 3 aromatic rings. The highest BCUT2D eigenvalue weighted by molar-refractivity contribution is 7.22. The van der Waals surface area contributed by atoms with Gasteiger partial charge >= 0.3 is 12.1 Å². The summed E-state index contributed by atoms with van der Waals surface area (Å²) in [6.07, 6.45) is -0.0627. The van der Waals surface area contributed by atoms with E-state index in [4.69, 9.17) is 14.2 Å². The topological polar surface area (TPSA) is 44.8 Å². The number of carbonyl (C=O) groups excluding carboxylic acids is 1. The SMILES string of the molecule is C=CC(=O)OCC(COc1ccc2cc(-c3ccc(CCCCC)cc3OC)sc2c1)CC(F)(F)F. The molecule has 1 atom stereocenters. The van der Waals surface area contributed by atoms with Gasteiger partial charge in [-0.25, -0.2) is 4.79 Å². The average molecular weight is 521 g/mol. The fourth-order valence-corrected chi connectivity index (χ4v) is 5.00. The molecule has 194 valence electrons. The van der Waals surface area contributed by atoms with Crippen LogP contribution < -0.4 is 9.47 Å². The van der Waals surface area contributed by atoms with Gasteiger partial charge in [0.2, 0.25) is 0 Å². The van der Waals surface area contributed by atoms with Gasteiger partial charge in [-0.1, -0.05) is 32.4 Å². The number of alkyl halides is 3. The summed E-state index contributed by atoms with van der Waals surface area (Å²) in [6, 6.07) is 13.8. The number of thiophene rings is 1. The van der Waals surface area contributed by atoms with E-state index in [0.717, 1.165) is 45.2 Å². The minimum Gasteiger partial charge on any atom is -0.496 e. The van der Waals surface area contributed by atoms with Crippen LogP contribution in [0.25, 0.3) is 20.5 Å². The Balaban J connectivity index is 1.74. The van der Waals surface area contributed by atoms with Crippen LogP contribution in [-0.4, -0.2) is 32.5 Å². The van der Waals surface area contributed by atoms with E-state index >= 15 is 0 Å². The van der Waals surface area contributed by atoms with Crippen molar-refractivity contribution in [2.24, 2.45) is 5.92 Å². The second kappa shape index (κ2) is 12.8. The van der Waals surface area contributed by atoms with Crippen molar-refractivity contribution < 1.29 is 32.2 Å². The van der Waals surface area contributed by atoms with E-state index in [9.17, 15) is 18.0 Å². The van der Waals surface area contributed by atoms with Crippen molar-refractivity contribution >= 4 is 27.4 Å². The first-order valence-electron chi connectivity index (χ1n) is 11.9. The molecular weight excluding hydrogens is 489 g/mol. The minimum absolute atomic E-state index is 0.235. The molecule has 0 radical (unpaired) electrons. The molecule has 0 saturated carbocycles. The van der Waals surface area contributed by atoms with E-state index in [1.807, 2.05) is 12.1 Å². The van der Waals surface area contributed by atoms with Gasteiger partial charge in [0, 0.05) is 27.1 Å². The van der Waals surface area contributed by atoms with E-state index in [0.29, 0.717) is 5.75 Å². The number of ether oxygens (including phenoxy) is 3. The number of rotatable bonds is 13. The zero-order valence-corrected chi connectivity index (χ0v) is 21.3. The number of halogens is 3. The van der Waals surface area contributed by atoms with Gasteiger partial charge in [-0.15, -0.1) is 11.3 Å². The minimum atomic E-state index is -4.40. The third kappa shape index (κ3) is 8.01. The van der Waals surface area contributed by atoms with Crippen molar-refractivity contribution in [1.82, 2.24) is 0 Å². The van der Waals surface area contributed by atoms with Crippen molar-refractivity contribution in [1.29, 1.82) is 0 Å². The highest BCUT2D eigenvalue weighted by Crippen LogP contribution is 2.40. The Morgan fingerprint density at radius 1 is 1.11 bits per heavy atom. The standard InChI is InChI=1S/C28H31F3O4S/c1-4-6-7-8-19-9-12-23(24(13-19)33-3)26-14-21-10-11-22(15-25(21)36-26)34-17-20(16-28(29,30)31)18-35-27(32)5-2/h5,9-15,20H,2,4,6-8,16-18H2,1,3H3. The largest absolute Gasteiger partial charge is 0.496 e. The van der Waals surface area contributed by atoms with Crippen molar-refractivity contribution in [2.45, 2.75) is 45.2 Å². The van der Waals surface area contributed by atoms with Crippen molar-refractivity contribution in [3.8, 4) is 21.9 Å². The number of fused-ring (bicyclic) bond motifs is 1. The van der Waals surface area contributed by atoms with Gasteiger partial charge in [-0.2, -0.15) is 13.2 Å². The lowest BCUT2D eigenvalue weighted by Crippen LogP contribution is -2.25. The Kier molecular flexibility index (Phi) is 9.81. The molecule has 0 saturated heterocycles. The predicted octanol–water partition coefficient (Wildman–Crippen LogP) is 7.99. The van der Waals surface area contributed by atoms with Crippen LogP contribution in [0, 0.1) is 5.92 Å². The van der Waals surface area contributed by atoms with Crippen molar-refractivity contribution in [3.63, 3.8) is 0 Å². The summed E-state index contributed by atoms with van der Waals surface area (Å²) in [4.78, 5) is 12.3. The molecular formula is C28H31F3O4S. The second-order valence-corrected chi connectivity index (χ2v) is 9.72. The molecule has 0 amide bonds. The Labute approximate surface area is 213 Å².